The Hall–Kier alpha value is -1.13. The van der Waals surface area contributed by atoms with Gasteiger partial charge in [0.1, 0.15) is 0 Å². The van der Waals surface area contributed by atoms with Crippen molar-refractivity contribution in [2.45, 2.75) is 24.8 Å². The van der Waals surface area contributed by atoms with Gasteiger partial charge in [0.2, 0.25) is 0 Å². The van der Waals surface area contributed by atoms with E-state index in [9.17, 15) is 0 Å². The molecule has 4 heteroatoms. The molecular weight excluding hydrogens is 224 g/mol. The Bertz CT molecular complexity index is 435. The number of fused-ring (bicyclic) bond motifs is 1. The average Bonchev–Trinajstić information content (AvgIpc) is 2.69. The van der Waals surface area contributed by atoms with Crippen molar-refractivity contribution in [2.24, 2.45) is 5.73 Å². The summed E-state index contributed by atoms with van der Waals surface area (Å²) in [5, 5.41) is 0. The lowest BCUT2D eigenvalue weighted by Gasteiger charge is -2.33. The Morgan fingerprint density at radius 2 is 2.17 bits per heavy atom. The standard InChI is InChI=1S/C14H22N4/c1-17-8-11(5-12(15)9-17)13-6-14-10(7-16-13)3-4-18(14)2/h6-7,11-12H,3-5,8-9,15H2,1-2H3. The van der Waals surface area contributed by atoms with Gasteiger partial charge in [0.15, 0.2) is 0 Å². The Morgan fingerprint density at radius 1 is 1.33 bits per heavy atom. The first kappa shape index (κ1) is 11.9. The first-order chi connectivity index (χ1) is 8.63. The van der Waals surface area contributed by atoms with Crippen molar-refractivity contribution in [3.8, 4) is 0 Å². The largest absolute Gasteiger partial charge is 0.374 e. The Morgan fingerprint density at radius 3 is 2.94 bits per heavy atom. The van der Waals surface area contributed by atoms with Gasteiger partial charge >= 0.3 is 0 Å². The molecule has 1 aromatic rings. The second kappa shape index (κ2) is 4.52. The monoisotopic (exact) mass is 246 g/mol. The van der Waals surface area contributed by atoms with Crippen molar-refractivity contribution in [3.63, 3.8) is 0 Å². The van der Waals surface area contributed by atoms with E-state index < -0.39 is 0 Å². The molecular formula is C14H22N4. The van der Waals surface area contributed by atoms with E-state index >= 15 is 0 Å². The number of hydrogen-bond acceptors (Lipinski definition) is 4. The van der Waals surface area contributed by atoms with Gasteiger partial charge in [-0.25, -0.2) is 0 Å². The van der Waals surface area contributed by atoms with Crippen LogP contribution in [-0.4, -0.2) is 49.7 Å². The third-order valence-corrected chi connectivity index (χ3v) is 4.19. The maximum atomic E-state index is 6.11. The summed E-state index contributed by atoms with van der Waals surface area (Å²) in [7, 11) is 4.31. The SMILES string of the molecule is CN1CC(N)CC(c2cc3c(cn2)CCN3C)C1. The van der Waals surface area contributed by atoms with Crippen LogP contribution in [0.5, 0.6) is 0 Å². The van der Waals surface area contributed by atoms with Crippen molar-refractivity contribution in [1.82, 2.24) is 9.88 Å². The number of pyridine rings is 1. The van der Waals surface area contributed by atoms with Crippen LogP contribution >= 0.6 is 0 Å². The Kier molecular flexibility index (Phi) is 2.99. The number of piperidine rings is 1. The van der Waals surface area contributed by atoms with E-state index in [1.807, 2.05) is 0 Å². The number of anilines is 1. The maximum Gasteiger partial charge on any atom is 0.0468 e. The highest BCUT2D eigenvalue weighted by Crippen LogP contribution is 2.31. The molecule has 1 saturated heterocycles. The molecule has 2 atom stereocenters. The minimum Gasteiger partial charge on any atom is -0.374 e. The summed E-state index contributed by atoms with van der Waals surface area (Å²) in [4.78, 5) is 9.31. The van der Waals surface area contributed by atoms with Gasteiger partial charge < -0.3 is 15.5 Å². The lowest BCUT2D eigenvalue weighted by atomic mass is 9.91. The fraction of sp³-hybridized carbons (Fsp3) is 0.643. The van der Waals surface area contributed by atoms with E-state index in [1.165, 1.54) is 16.9 Å². The van der Waals surface area contributed by atoms with Crippen molar-refractivity contribution in [1.29, 1.82) is 0 Å². The first-order valence-electron chi connectivity index (χ1n) is 6.77. The van der Waals surface area contributed by atoms with Crippen LogP contribution < -0.4 is 10.6 Å². The zero-order valence-electron chi connectivity index (χ0n) is 11.3. The predicted molar refractivity (Wildman–Crippen MR) is 74.0 cm³/mol. The summed E-state index contributed by atoms with van der Waals surface area (Å²) in [6.45, 7) is 3.19. The lowest BCUT2D eigenvalue weighted by Crippen LogP contribution is -2.44. The van der Waals surface area contributed by atoms with Crippen LogP contribution in [0, 0.1) is 0 Å². The summed E-state index contributed by atoms with van der Waals surface area (Å²) in [5.74, 6) is 0.484. The number of rotatable bonds is 1. The minimum absolute atomic E-state index is 0.279. The number of nitrogens with two attached hydrogens (primary N) is 1. The molecule has 0 amide bonds. The van der Waals surface area contributed by atoms with E-state index in [0.29, 0.717) is 5.92 Å². The highest BCUT2D eigenvalue weighted by molar-refractivity contribution is 5.57. The Labute approximate surface area is 109 Å². The molecule has 4 nitrogen and oxygen atoms in total. The molecule has 2 unspecified atom stereocenters. The highest BCUT2D eigenvalue weighted by Gasteiger charge is 2.26. The molecule has 0 aliphatic carbocycles. The lowest BCUT2D eigenvalue weighted by molar-refractivity contribution is 0.225. The van der Waals surface area contributed by atoms with Crippen LogP contribution in [0.3, 0.4) is 0 Å². The summed E-state index contributed by atoms with van der Waals surface area (Å²) in [6.07, 6.45) is 4.25. The van der Waals surface area contributed by atoms with Crippen LogP contribution in [0.15, 0.2) is 12.3 Å². The Balaban J connectivity index is 1.86. The molecule has 18 heavy (non-hydrogen) atoms. The second-order valence-corrected chi connectivity index (χ2v) is 5.82. The number of aromatic nitrogens is 1. The van der Waals surface area contributed by atoms with Gasteiger partial charge in [0, 0.05) is 56.2 Å². The first-order valence-corrected chi connectivity index (χ1v) is 6.77. The van der Waals surface area contributed by atoms with Crippen LogP contribution in [0.25, 0.3) is 0 Å². The fourth-order valence-electron chi connectivity index (χ4n) is 3.25. The second-order valence-electron chi connectivity index (χ2n) is 5.82. The summed E-state index contributed by atoms with van der Waals surface area (Å²) < 4.78 is 0. The van der Waals surface area contributed by atoms with Gasteiger partial charge in [-0.05, 0) is 31.5 Å². The van der Waals surface area contributed by atoms with Gasteiger partial charge in [-0.15, -0.1) is 0 Å². The molecule has 2 aliphatic rings. The van der Waals surface area contributed by atoms with E-state index in [2.05, 4.69) is 41.1 Å². The minimum atomic E-state index is 0.279. The van der Waals surface area contributed by atoms with Gasteiger partial charge in [0.25, 0.3) is 0 Å². The third-order valence-electron chi connectivity index (χ3n) is 4.19. The highest BCUT2D eigenvalue weighted by atomic mass is 15.1. The molecule has 0 radical (unpaired) electrons. The summed E-state index contributed by atoms with van der Waals surface area (Å²) >= 11 is 0. The topological polar surface area (TPSA) is 45.4 Å². The van der Waals surface area contributed by atoms with E-state index in [1.54, 1.807) is 0 Å². The molecule has 3 heterocycles. The molecule has 3 rings (SSSR count). The van der Waals surface area contributed by atoms with E-state index in [-0.39, 0.29) is 6.04 Å². The van der Waals surface area contributed by atoms with Crippen LogP contribution in [0.2, 0.25) is 0 Å². The summed E-state index contributed by atoms with van der Waals surface area (Å²) in [6, 6.07) is 2.56. The van der Waals surface area contributed by atoms with E-state index in [0.717, 1.165) is 32.5 Å². The van der Waals surface area contributed by atoms with Gasteiger partial charge in [0.05, 0.1) is 0 Å². The normalized spacial score (nSPS) is 28.5. The molecule has 0 bridgehead atoms. The van der Waals surface area contributed by atoms with Gasteiger partial charge in [-0.2, -0.15) is 0 Å². The van der Waals surface area contributed by atoms with Crippen LogP contribution in [0.4, 0.5) is 5.69 Å². The van der Waals surface area contributed by atoms with Crippen molar-refractivity contribution >= 4 is 5.69 Å². The van der Waals surface area contributed by atoms with Gasteiger partial charge in [-0.1, -0.05) is 0 Å². The molecule has 98 valence electrons. The predicted octanol–water partition coefficient (Wildman–Crippen LogP) is 0.820. The van der Waals surface area contributed by atoms with Crippen LogP contribution in [0.1, 0.15) is 23.6 Å². The zero-order chi connectivity index (χ0) is 12.7. The summed E-state index contributed by atoms with van der Waals surface area (Å²) in [5.41, 5.74) is 10.1. The maximum absolute atomic E-state index is 6.11. The third kappa shape index (κ3) is 2.10. The van der Waals surface area contributed by atoms with Crippen molar-refractivity contribution < 1.29 is 0 Å². The molecule has 0 saturated carbocycles. The van der Waals surface area contributed by atoms with E-state index in [4.69, 9.17) is 5.73 Å². The molecule has 2 aliphatic heterocycles. The number of nitrogens with zero attached hydrogens (tertiary/aromatic N) is 3. The molecule has 1 fully saturated rings. The van der Waals surface area contributed by atoms with Crippen molar-refractivity contribution in [2.75, 3.05) is 38.6 Å². The molecule has 2 N–H and O–H groups in total. The van der Waals surface area contributed by atoms with Gasteiger partial charge in [-0.3, -0.25) is 4.98 Å². The number of hydrogen-bond donors (Lipinski definition) is 1. The average molecular weight is 246 g/mol. The number of likely N-dealkylation sites (tertiary alicyclic amines) is 1. The van der Waals surface area contributed by atoms with Crippen molar-refractivity contribution in [3.05, 3.63) is 23.5 Å². The molecule has 0 aromatic carbocycles. The fourth-order valence-corrected chi connectivity index (χ4v) is 3.25. The number of likely N-dealkylation sites (N-methyl/N-ethyl adjacent to an activating group) is 2. The quantitative estimate of drug-likeness (QED) is 0.797. The molecule has 1 aromatic heterocycles. The smallest absolute Gasteiger partial charge is 0.0468 e. The zero-order valence-corrected chi connectivity index (χ0v) is 11.3. The molecule has 0 spiro atoms. The van der Waals surface area contributed by atoms with Crippen LogP contribution in [-0.2, 0) is 6.42 Å².